The molecule has 1 heteroatoms. The fraction of sp³-hybridized carbons (Fsp3) is 0.429. The highest BCUT2D eigenvalue weighted by Crippen LogP contribution is 2.71. The van der Waals surface area contributed by atoms with Crippen LogP contribution in [0.2, 0.25) is 0 Å². The van der Waals surface area contributed by atoms with Crippen LogP contribution in [0.5, 0.6) is 0 Å². The van der Waals surface area contributed by atoms with Crippen LogP contribution in [0.25, 0.3) is 11.1 Å². The molecule has 1 aliphatic carbocycles. The third kappa shape index (κ3) is 2.08. The molecule has 0 aliphatic heterocycles. The van der Waals surface area contributed by atoms with E-state index in [0.717, 1.165) is 11.3 Å². The molecule has 0 unspecified atom stereocenters. The Hall–Kier alpha value is -1.13. The maximum Gasteiger partial charge on any atom is 0.128 e. The van der Waals surface area contributed by atoms with Gasteiger partial charge < -0.3 is 0 Å². The lowest BCUT2D eigenvalue weighted by Crippen LogP contribution is -2.29. The molecule has 0 atom stereocenters. The number of hydrogen-bond donors (Lipinski definition) is 0. The molecule has 0 radical (unpaired) electrons. The second-order valence-electron chi connectivity index (χ2n) is 7.11. The summed E-state index contributed by atoms with van der Waals surface area (Å²) in [5, 5.41) is 0.264. The topological polar surface area (TPSA) is 0 Å². The van der Waals surface area contributed by atoms with Crippen LogP contribution in [0, 0.1) is 0 Å². The van der Waals surface area contributed by atoms with Gasteiger partial charge >= 0.3 is 0 Å². The van der Waals surface area contributed by atoms with Crippen LogP contribution in [0.4, 0.5) is 0 Å². The van der Waals surface area contributed by atoms with E-state index in [2.05, 4.69) is 83.1 Å². The normalized spacial score (nSPS) is 15.5. The van der Waals surface area contributed by atoms with Crippen molar-refractivity contribution < 1.29 is 0 Å². The molecule has 1 aliphatic rings. The second kappa shape index (κ2) is 5.82. The van der Waals surface area contributed by atoms with E-state index < -0.39 is 7.92 Å². The van der Waals surface area contributed by atoms with Gasteiger partial charge in [-0.3, -0.25) is 0 Å². The zero-order valence-corrected chi connectivity index (χ0v) is 15.5. The van der Waals surface area contributed by atoms with Crippen molar-refractivity contribution in [3.8, 4) is 11.1 Å². The van der Waals surface area contributed by atoms with E-state index in [4.69, 9.17) is 0 Å². The van der Waals surface area contributed by atoms with Crippen LogP contribution in [-0.2, 0) is 5.16 Å². The van der Waals surface area contributed by atoms with E-state index >= 15 is 0 Å². The van der Waals surface area contributed by atoms with Gasteiger partial charge in [0.05, 0.1) is 11.3 Å². The Morgan fingerprint density at radius 3 is 1.55 bits per heavy atom. The quantitative estimate of drug-likeness (QED) is 0.577. The van der Waals surface area contributed by atoms with Crippen molar-refractivity contribution in [2.24, 2.45) is 0 Å². The van der Waals surface area contributed by atoms with E-state index in [0.29, 0.717) is 0 Å². The summed E-state index contributed by atoms with van der Waals surface area (Å²) in [7, 11) is -0.590. The van der Waals surface area contributed by atoms with Gasteiger partial charge in [0.25, 0.3) is 0 Å². The van der Waals surface area contributed by atoms with Crippen LogP contribution < -0.4 is 0 Å². The Kier molecular flexibility index (Phi) is 4.17. The SMILES string of the molecule is CCC1([PH+](C(C)C)C(C)C)c2ccccc2-c2ccccc21. The van der Waals surface area contributed by atoms with E-state index in [9.17, 15) is 0 Å². The molecule has 0 fully saturated rings. The monoisotopic (exact) mass is 311 g/mol. The second-order valence-corrected chi connectivity index (χ2v) is 11.2. The van der Waals surface area contributed by atoms with Gasteiger partial charge in [0.1, 0.15) is 5.16 Å². The third-order valence-electron chi connectivity index (χ3n) is 5.33. The summed E-state index contributed by atoms with van der Waals surface area (Å²) >= 11 is 0. The molecule has 0 spiro atoms. The maximum absolute atomic E-state index is 2.44. The van der Waals surface area contributed by atoms with Crippen LogP contribution in [0.15, 0.2) is 48.5 Å². The molecule has 116 valence electrons. The van der Waals surface area contributed by atoms with Gasteiger partial charge in [-0.1, -0.05) is 55.5 Å². The van der Waals surface area contributed by atoms with Crippen LogP contribution in [-0.4, -0.2) is 11.3 Å². The Bertz CT molecular complexity index is 616. The van der Waals surface area contributed by atoms with Gasteiger partial charge in [-0.2, -0.15) is 0 Å². The highest BCUT2D eigenvalue weighted by atomic mass is 31.1. The molecular formula is C21H28P+. The van der Waals surface area contributed by atoms with E-state index in [1.54, 1.807) is 11.1 Å². The first kappa shape index (κ1) is 15.8. The zero-order valence-electron chi connectivity index (χ0n) is 14.5. The predicted octanol–water partition coefficient (Wildman–Crippen LogP) is 6.35. The lowest BCUT2D eigenvalue weighted by Gasteiger charge is -2.37. The smallest absolute Gasteiger partial charge is 0.0618 e. The van der Waals surface area contributed by atoms with Gasteiger partial charge in [-0.15, -0.1) is 0 Å². The van der Waals surface area contributed by atoms with Crippen molar-refractivity contribution in [2.45, 2.75) is 57.5 Å². The first-order valence-corrected chi connectivity index (χ1v) is 10.3. The Morgan fingerprint density at radius 2 is 1.18 bits per heavy atom. The lowest BCUT2D eigenvalue weighted by atomic mass is 9.93. The predicted molar refractivity (Wildman–Crippen MR) is 102 cm³/mol. The van der Waals surface area contributed by atoms with E-state index in [-0.39, 0.29) is 5.16 Å². The molecule has 0 saturated heterocycles. The third-order valence-corrected chi connectivity index (χ3v) is 9.70. The molecule has 0 nitrogen and oxygen atoms in total. The standard InChI is InChI=1S/C21H27P/c1-6-21(22(15(2)3)16(4)5)19-13-9-7-11-17(19)18-12-8-10-14-20(18)21/h7-16H,6H2,1-5H3/p+1. The van der Waals surface area contributed by atoms with Crippen LogP contribution in [0.3, 0.4) is 0 Å². The van der Waals surface area contributed by atoms with Crippen molar-refractivity contribution in [1.29, 1.82) is 0 Å². The average Bonchev–Trinajstić information content (AvgIpc) is 2.79. The van der Waals surface area contributed by atoms with Crippen LogP contribution in [0.1, 0.15) is 52.2 Å². The number of benzene rings is 2. The van der Waals surface area contributed by atoms with E-state index in [1.165, 1.54) is 17.5 Å². The zero-order chi connectivity index (χ0) is 15.9. The summed E-state index contributed by atoms with van der Waals surface area (Å²) in [5.41, 5.74) is 7.67. The first-order valence-electron chi connectivity index (χ1n) is 8.60. The molecule has 0 N–H and O–H groups in total. The molecule has 0 bridgehead atoms. The van der Waals surface area contributed by atoms with Crippen LogP contribution >= 0.6 is 7.92 Å². The summed E-state index contributed by atoms with van der Waals surface area (Å²) in [6.45, 7) is 12.2. The highest BCUT2D eigenvalue weighted by Gasteiger charge is 2.54. The molecule has 3 rings (SSSR count). The lowest BCUT2D eigenvalue weighted by molar-refractivity contribution is 0.693. The molecule has 2 aromatic carbocycles. The minimum atomic E-state index is -0.590. The summed E-state index contributed by atoms with van der Waals surface area (Å²) in [6, 6.07) is 18.3. The van der Waals surface area contributed by atoms with Gasteiger partial charge in [0.15, 0.2) is 0 Å². The summed E-state index contributed by atoms with van der Waals surface area (Å²) in [4.78, 5) is 0. The van der Waals surface area contributed by atoms with Crippen molar-refractivity contribution >= 4 is 7.92 Å². The Balaban J connectivity index is 2.35. The summed E-state index contributed by atoms with van der Waals surface area (Å²) in [6.07, 6.45) is 1.21. The number of rotatable bonds is 4. The molecule has 0 saturated carbocycles. The van der Waals surface area contributed by atoms with Crippen molar-refractivity contribution in [3.05, 3.63) is 59.7 Å². The minimum absolute atomic E-state index is 0.264. The maximum atomic E-state index is 2.44. The number of fused-ring (bicyclic) bond motifs is 3. The summed E-state index contributed by atoms with van der Waals surface area (Å²) in [5.74, 6) is 0. The highest BCUT2D eigenvalue weighted by molar-refractivity contribution is 7.60. The molecular weight excluding hydrogens is 283 g/mol. The molecule has 2 aromatic rings. The fourth-order valence-electron chi connectivity index (χ4n) is 4.87. The summed E-state index contributed by atoms with van der Waals surface area (Å²) < 4.78 is 0. The van der Waals surface area contributed by atoms with Gasteiger partial charge in [-0.25, -0.2) is 0 Å². The molecule has 0 aromatic heterocycles. The largest absolute Gasteiger partial charge is 0.128 e. The van der Waals surface area contributed by atoms with Gasteiger partial charge in [-0.05, 0) is 45.2 Å². The molecule has 22 heavy (non-hydrogen) atoms. The molecule has 0 amide bonds. The Morgan fingerprint density at radius 1 is 0.773 bits per heavy atom. The van der Waals surface area contributed by atoms with Crippen molar-refractivity contribution in [1.82, 2.24) is 0 Å². The molecule has 0 heterocycles. The number of hydrogen-bond acceptors (Lipinski definition) is 0. The Labute approximate surface area is 136 Å². The van der Waals surface area contributed by atoms with Crippen molar-refractivity contribution in [3.63, 3.8) is 0 Å². The van der Waals surface area contributed by atoms with Crippen molar-refractivity contribution in [2.75, 3.05) is 0 Å². The fourth-order valence-corrected chi connectivity index (χ4v) is 9.64. The van der Waals surface area contributed by atoms with E-state index in [1.807, 2.05) is 0 Å². The van der Waals surface area contributed by atoms with Gasteiger partial charge in [0.2, 0.25) is 0 Å². The van der Waals surface area contributed by atoms with Gasteiger partial charge in [0, 0.05) is 19.0 Å². The average molecular weight is 311 g/mol. The first-order chi connectivity index (χ1) is 10.5. The minimum Gasteiger partial charge on any atom is -0.0618 e.